The molecular weight excluding hydrogens is 336 g/mol. The monoisotopic (exact) mass is 360 g/mol. The molecule has 1 amide bonds. The molecular formula is C19H24N2O3S. The summed E-state index contributed by atoms with van der Waals surface area (Å²) >= 11 is 0. The first-order valence-corrected chi connectivity index (χ1v) is 9.44. The molecule has 2 aromatic carbocycles. The minimum absolute atomic E-state index is 0.165. The van der Waals surface area contributed by atoms with Crippen LogP contribution < -0.4 is 5.32 Å². The molecule has 0 atom stereocenters. The van der Waals surface area contributed by atoms with Crippen molar-refractivity contribution in [3.8, 4) is 0 Å². The van der Waals surface area contributed by atoms with Crippen LogP contribution in [0.2, 0.25) is 0 Å². The Morgan fingerprint density at radius 2 is 1.76 bits per heavy atom. The van der Waals surface area contributed by atoms with Crippen molar-refractivity contribution in [2.24, 2.45) is 0 Å². The maximum absolute atomic E-state index is 12.5. The van der Waals surface area contributed by atoms with Crippen LogP contribution in [0.1, 0.15) is 32.6 Å². The number of carbonyl (C=O) groups excluding carboxylic acids is 1. The average Bonchev–Trinajstić information content (AvgIpc) is 2.54. The van der Waals surface area contributed by atoms with Crippen molar-refractivity contribution in [3.05, 3.63) is 64.2 Å². The molecule has 6 heteroatoms. The molecule has 25 heavy (non-hydrogen) atoms. The number of sulfonamides is 1. The highest BCUT2D eigenvalue weighted by molar-refractivity contribution is 7.89. The molecule has 0 saturated carbocycles. The smallest absolute Gasteiger partial charge is 0.251 e. The van der Waals surface area contributed by atoms with Crippen LogP contribution in [-0.4, -0.2) is 32.7 Å². The summed E-state index contributed by atoms with van der Waals surface area (Å²) in [6, 6.07) is 11.0. The highest BCUT2D eigenvalue weighted by Crippen LogP contribution is 2.23. The summed E-state index contributed by atoms with van der Waals surface area (Å²) in [5.41, 5.74) is 3.89. The normalized spacial score (nSPS) is 11.6. The number of nitrogens with zero attached hydrogens (tertiary/aromatic N) is 1. The number of nitrogens with one attached hydrogen (secondary N) is 1. The largest absolute Gasteiger partial charge is 0.348 e. The third kappa shape index (κ3) is 4.27. The lowest BCUT2D eigenvalue weighted by Crippen LogP contribution is -2.26. The molecule has 0 radical (unpaired) electrons. The lowest BCUT2D eigenvalue weighted by atomic mass is 10.1. The van der Waals surface area contributed by atoms with Gasteiger partial charge < -0.3 is 5.32 Å². The molecule has 0 bridgehead atoms. The summed E-state index contributed by atoms with van der Waals surface area (Å²) in [4.78, 5) is 12.7. The first-order valence-electron chi connectivity index (χ1n) is 8.00. The minimum atomic E-state index is -3.61. The molecule has 0 aliphatic rings. The van der Waals surface area contributed by atoms with Crippen LogP contribution >= 0.6 is 0 Å². The van der Waals surface area contributed by atoms with E-state index in [1.165, 1.54) is 20.2 Å². The molecule has 0 fully saturated rings. The molecule has 0 spiro atoms. The Kier molecular flexibility index (Phi) is 5.65. The van der Waals surface area contributed by atoms with E-state index in [0.717, 1.165) is 21.0 Å². The van der Waals surface area contributed by atoms with Crippen molar-refractivity contribution in [2.45, 2.75) is 32.2 Å². The van der Waals surface area contributed by atoms with E-state index in [0.29, 0.717) is 17.7 Å². The van der Waals surface area contributed by atoms with E-state index in [2.05, 4.69) is 5.32 Å². The van der Waals surface area contributed by atoms with Gasteiger partial charge in [0.25, 0.3) is 5.91 Å². The Hall–Kier alpha value is -2.18. The molecule has 0 unspecified atom stereocenters. The van der Waals surface area contributed by atoms with Gasteiger partial charge in [-0.15, -0.1) is 0 Å². The molecule has 2 rings (SSSR count). The van der Waals surface area contributed by atoms with Crippen LogP contribution in [0.15, 0.2) is 41.3 Å². The zero-order chi connectivity index (χ0) is 18.8. The van der Waals surface area contributed by atoms with Crippen molar-refractivity contribution in [3.63, 3.8) is 0 Å². The minimum Gasteiger partial charge on any atom is -0.348 e. The van der Waals surface area contributed by atoms with Crippen LogP contribution in [0.25, 0.3) is 0 Å². The second-order valence-electron chi connectivity index (χ2n) is 6.38. The summed E-state index contributed by atoms with van der Waals surface area (Å²) in [5, 5.41) is 2.85. The van der Waals surface area contributed by atoms with Crippen molar-refractivity contribution in [2.75, 3.05) is 14.1 Å². The Balaban J connectivity index is 2.30. The van der Waals surface area contributed by atoms with Crippen LogP contribution in [-0.2, 0) is 16.6 Å². The van der Waals surface area contributed by atoms with Crippen molar-refractivity contribution < 1.29 is 13.2 Å². The predicted molar refractivity (Wildman–Crippen MR) is 99.1 cm³/mol. The second-order valence-corrected chi connectivity index (χ2v) is 8.50. The summed E-state index contributed by atoms with van der Waals surface area (Å²) < 4.78 is 26.1. The number of rotatable bonds is 5. The van der Waals surface area contributed by atoms with Crippen LogP contribution in [0, 0.1) is 20.8 Å². The Morgan fingerprint density at radius 3 is 2.36 bits per heavy atom. The number of aryl methyl sites for hydroxylation is 2. The number of carbonyl (C=O) groups is 1. The zero-order valence-corrected chi connectivity index (χ0v) is 16.1. The van der Waals surface area contributed by atoms with Gasteiger partial charge in [-0.2, -0.15) is 0 Å². The second kappa shape index (κ2) is 7.37. The van der Waals surface area contributed by atoms with Gasteiger partial charge in [-0.1, -0.05) is 29.8 Å². The van der Waals surface area contributed by atoms with Gasteiger partial charge >= 0.3 is 0 Å². The topological polar surface area (TPSA) is 66.5 Å². The first-order chi connectivity index (χ1) is 11.6. The molecule has 5 nitrogen and oxygen atoms in total. The third-order valence-electron chi connectivity index (χ3n) is 4.18. The lowest BCUT2D eigenvalue weighted by molar-refractivity contribution is 0.0950. The fraction of sp³-hybridized carbons (Fsp3) is 0.316. The highest BCUT2D eigenvalue weighted by Gasteiger charge is 2.22. The van der Waals surface area contributed by atoms with Gasteiger partial charge in [0.15, 0.2) is 0 Å². The van der Waals surface area contributed by atoms with Crippen molar-refractivity contribution in [1.29, 1.82) is 0 Å². The van der Waals surface area contributed by atoms with E-state index >= 15 is 0 Å². The number of benzene rings is 2. The van der Waals surface area contributed by atoms with E-state index in [9.17, 15) is 13.2 Å². The first kappa shape index (κ1) is 19.1. The van der Waals surface area contributed by atoms with Gasteiger partial charge in [0, 0.05) is 26.2 Å². The zero-order valence-electron chi connectivity index (χ0n) is 15.3. The van der Waals surface area contributed by atoms with Gasteiger partial charge in [0.2, 0.25) is 10.0 Å². The fourth-order valence-corrected chi connectivity index (χ4v) is 3.75. The summed E-state index contributed by atoms with van der Waals surface area (Å²) in [5.74, 6) is -0.292. The number of hydrogen-bond acceptors (Lipinski definition) is 3. The third-order valence-corrected chi connectivity index (χ3v) is 6.12. The van der Waals surface area contributed by atoms with Gasteiger partial charge in [0.1, 0.15) is 0 Å². The molecule has 0 aliphatic heterocycles. The molecule has 0 aromatic heterocycles. The van der Waals surface area contributed by atoms with E-state index in [1.807, 2.05) is 31.2 Å². The van der Waals surface area contributed by atoms with E-state index < -0.39 is 10.0 Å². The Bertz CT molecular complexity index is 903. The average molecular weight is 360 g/mol. The van der Waals surface area contributed by atoms with Crippen LogP contribution in [0.5, 0.6) is 0 Å². The van der Waals surface area contributed by atoms with Gasteiger partial charge in [-0.25, -0.2) is 12.7 Å². The maximum atomic E-state index is 12.5. The van der Waals surface area contributed by atoms with Gasteiger partial charge in [0.05, 0.1) is 4.90 Å². The molecule has 0 heterocycles. The van der Waals surface area contributed by atoms with E-state index in [4.69, 9.17) is 0 Å². The Morgan fingerprint density at radius 1 is 1.08 bits per heavy atom. The summed E-state index contributed by atoms with van der Waals surface area (Å²) in [7, 11) is -0.644. The van der Waals surface area contributed by atoms with Gasteiger partial charge in [-0.05, 0) is 49.6 Å². The standard InChI is InChI=1S/C19H24N2O3S/c1-13-7-6-8-16(9-13)12-20-19(22)17-10-14(2)15(3)18(11-17)25(23,24)21(4)5/h6-11H,12H2,1-5H3,(H,20,22). The molecule has 1 N–H and O–H groups in total. The highest BCUT2D eigenvalue weighted by atomic mass is 32.2. The van der Waals surface area contributed by atoms with E-state index in [-0.39, 0.29) is 10.8 Å². The summed E-state index contributed by atoms with van der Waals surface area (Å²) in [6.45, 7) is 5.94. The number of amides is 1. The van der Waals surface area contributed by atoms with Crippen LogP contribution in [0.3, 0.4) is 0 Å². The fourth-order valence-electron chi connectivity index (χ4n) is 2.53. The van der Waals surface area contributed by atoms with Gasteiger partial charge in [-0.3, -0.25) is 4.79 Å². The predicted octanol–water partition coefficient (Wildman–Crippen LogP) is 2.79. The molecule has 2 aromatic rings. The van der Waals surface area contributed by atoms with Crippen molar-refractivity contribution >= 4 is 15.9 Å². The van der Waals surface area contributed by atoms with E-state index in [1.54, 1.807) is 19.9 Å². The lowest BCUT2D eigenvalue weighted by Gasteiger charge is -2.16. The summed E-state index contributed by atoms with van der Waals surface area (Å²) in [6.07, 6.45) is 0. The quantitative estimate of drug-likeness (QED) is 0.892. The SMILES string of the molecule is Cc1cccc(CNC(=O)c2cc(C)c(C)c(S(=O)(=O)N(C)C)c2)c1. The number of hydrogen-bond donors (Lipinski definition) is 1. The maximum Gasteiger partial charge on any atom is 0.251 e. The van der Waals surface area contributed by atoms with Crippen molar-refractivity contribution in [1.82, 2.24) is 9.62 Å². The molecule has 134 valence electrons. The molecule has 0 saturated heterocycles. The molecule has 0 aliphatic carbocycles. The van der Waals surface area contributed by atoms with Crippen LogP contribution in [0.4, 0.5) is 0 Å². The Labute approximate surface area is 149 Å².